The Bertz CT molecular complexity index is 733. The SMILES string of the molecule is CSc1ccccc1NS(=O)(=O)c1ccc(Cl)cc1N. The van der Waals surface area contributed by atoms with Gasteiger partial charge in [-0.05, 0) is 36.6 Å². The molecule has 20 heavy (non-hydrogen) atoms. The summed E-state index contributed by atoms with van der Waals surface area (Å²) in [4.78, 5) is 0.849. The molecule has 0 aliphatic carbocycles. The second-order valence-electron chi connectivity index (χ2n) is 3.99. The predicted octanol–water partition coefficient (Wildman–Crippen LogP) is 3.44. The molecule has 0 aliphatic heterocycles. The molecule has 106 valence electrons. The minimum absolute atomic E-state index is 0.0119. The molecule has 0 fully saturated rings. The Labute approximate surface area is 127 Å². The largest absolute Gasteiger partial charge is 0.398 e. The molecular weight excluding hydrogens is 316 g/mol. The quantitative estimate of drug-likeness (QED) is 0.666. The number of sulfonamides is 1. The molecule has 0 amide bonds. The lowest BCUT2D eigenvalue weighted by atomic mass is 10.3. The minimum Gasteiger partial charge on any atom is -0.398 e. The zero-order valence-electron chi connectivity index (χ0n) is 10.6. The van der Waals surface area contributed by atoms with Crippen LogP contribution in [0.15, 0.2) is 52.3 Å². The molecule has 0 unspecified atom stereocenters. The van der Waals surface area contributed by atoms with Gasteiger partial charge >= 0.3 is 0 Å². The fraction of sp³-hybridized carbons (Fsp3) is 0.0769. The summed E-state index contributed by atoms with van der Waals surface area (Å²) in [6, 6.07) is 11.5. The van der Waals surface area contributed by atoms with Gasteiger partial charge in [0.25, 0.3) is 10.0 Å². The van der Waals surface area contributed by atoms with Gasteiger partial charge in [0.05, 0.1) is 11.4 Å². The molecular formula is C13H13ClN2O2S2. The van der Waals surface area contributed by atoms with Gasteiger partial charge < -0.3 is 5.73 Å². The highest BCUT2D eigenvalue weighted by atomic mass is 35.5. The van der Waals surface area contributed by atoms with E-state index in [1.54, 1.807) is 12.1 Å². The third-order valence-corrected chi connectivity index (χ3v) is 5.08. The van der Waals surface area contributed by atoms with E-state index in [-0.39, 0.29) is 10.6 Å². The topological polar surface area (TPSA) is 72.2 Å². The number of para-hydroxylation sites is 1. The Kier molecular flexibility index (Phi) is 4.47. The summed E-state index contributed by atoms with van der Waals surface area (Å²) < 4.78 is 27.3. The van der Waals surface area contributed by atoms with Crippen molar-refractivity contribution in [1.29, 1.82) is 0 Å². The molecule has 2 rings (SSSR count). The average Bonchev–Trinajstić information content (AvgIpc) is 2.38. The lowest BCUT2D eigenvalue weighted by Crippen LogP contribution is -2.15. The number of hydrogen-bond donors (Lipinski definition) is 2. The van der Waals surface area contributed by atoms with E-state index < -0.39 is 10.0 Å². The summed E-state index contributed by atoms with van der Waals surface area (Å²) in [6.45, 7) is 0. The third-order valence-electron chi connectivity index (χ3n) is 2.61. The molecule has 0 radical (unpaired) electrons. The van der Waals surface area contributed by atoms with Gasteiger partial charge in [-0.25, -0.2) is 8.42 Å². The summed E-state index contributed by atoms with van der Waals surface area (Å²) >= 11 is 7.23. The normalized spacial score (nSPS) is 11.3. The molecule has 0 atom stereocenters. The van der Waals surface area contributed by atoms with Crippen LogP contribution in [0.3, 0.4) is 0 Å². The molecule has 4 nitrogen and oxygen atoms in total. The number of hydrogen-bond acceptors (Lipinski definition) is 4. The van der Waals surface area contributed by atoms with Crippen LogP contribution < -0.4 is 10.5 Å². The van der Waals surface area contributed by atoms with E-state index >= 15 is 0 Å². The van der Waals surface area contributed by atoms with E-state index in [1.165, 1.54) is 30.0 Å². The first kappa shape index (κ1) is 15.0. The number of nitrogen functional groups attached to an aromatic ring is 1. The van der Waals surface area contributed by atoms with Gasteiger partial charge in [-0.1, -0.05) is 23.7 Å². The molecule has 2 aromatic rings. The molecule has 0 aromatic heterocycles. The lowest BCUT2D eigenvalue weighted by molar-refractivity contribution is 0.601. The predicted molar refractivity (Wildman–Crippen MR) is 84.9 cm³/mol. The number of anilines is 2. The summed E-state index contributed by atoms with van der Waals surface area (Å²) in [5.74, 6) is 0. The first-order valence-corrected chi connectivity index (χ1v) is 8.73. The van der Waals surface area contributed by atoms with Gasteiger partial charge in [-0.15, -0.1) is 11.8 Å². The van der Waals surface area contributed by atoms with Gasteiger partial charge in [-0.3, -0.25) is 4.72 Å². The molecule has 3 N–H and O–H groups in total. The van der Waals surface area contributed by atoms with E-state index in [2.05, 4.69) is 4.72 Å². The second kappa shape index (κ2) is 5.95. The maximum Gasteiger partial charge on any atom is 0.263 e. The molecule has 2 aromatic carbocycles. The van der Waals surface area contributed by atoms with Gasteiger partial charge in [0.1, 0.15) is 4.90 Å². The van der Waals surface area contributed by atoms with Crippen molar-refractivity contribution in [2.75, 3.05) is 16.7 Å². The van der Waals surface area contributed by atoms with Crippen LogP contribution in [0.1, 0.15) is 0 Å². The Hall–Kier alpha value is -1.37. The highest BCUT2D eigenvalue weighted by Crippen LogP contribution is 2.29. The summed E-state index contributed by atoms with van der Waals surface area (Å²) in [6.07, 6.45) is 1.88. The molecule has 7 heteroatoms. The van der Waals surface area contributed by atoms with Crippen LogP contribution in [0.4, 0.5) is 11.4 Å². The standard InChI is InChI=1S/C13H13ClN2O2S2/c1-19-12-5-3-2-4-11(12)16-20(17,18)13-7-6-9(14)8-10(13)15/h2-8,16H,15H2,1H3. The molecule has 0 saturated carbocycles. The molecule has 0 saturated heterocycles. The molecule has 0 heterocycles. The van der Waals surface area contributed by atoms with Crippen LogP contribution in [0.5, 0.6) is 0 Å². The highest BCUT2D eigenvalue weighted by molar-refractivity contribution is 7.99. The van der Waals surface area contributed by atoms with E-state index in [0.29, 0.717) is 10.7 Å². The Morgan fingerprint density at radius 2 is 1.90 bits per heavy atom. The number of thioether (sulfide) groups is 1. The van der Waals surface area contributed by atoms with Crippen molar-refractivity contribution in [3.8, 4) is 0 Å². The lowest BCUT2D eigenvalue weighted by Gasteiger charge is -2.12. The first-order chi connectivity index (χ1) is 9.44. The van der Waals surface area contributed by atoms with Crippen LogP contribution in [0, 0.1) is 0 Å². The number of nitrogens with two attached hydrogens (primary N) is 1. The second-order valence-corrected chi connectivity index (χ2v) is 6.92. The monoisotopic (exact) mass is 328 g/mol. The van der Waals surface area contributed by atoms with Crippen LogP contribution in [-0.4, -0.2) is 14.7 Å². The Balaban J connectivity index is 2.41. The van der Waals surface area contributed by atoms with Crippen molar-refractivity contribution in [2.24, 2.45) is 0 Å². The number of halogens is 1. The summed E-state index contributed by atoms with van der Waals surface area (Å²) in [7, 11) is -3.74. The van der Waals surface area contributed by atoms with Gasteiger partial charge in [-0.2, -0.15) is 0 Å². The van der Waals surface area contributed by atoms with E-state index in [9.17, 15) is 8.42 Å². The molecule has 0 spiro atoms. The van der Waals surface area contributed by atoms with Crippen LogP contribution >= 0.6 is 23.4 Å². The van der Waals surface area contributed by atoms with E-state index in [4.69, 9.17) is 17.3 Å². The molecule has 0 bridgehead atoms. The van der Waals surface area contributed by atoms with Crippen molar-refractivity contribution >= 4 is 44.8 Å². The zero-order chi connectivity index (χ0) is 14.8. The Morgan fingerprint density at radius 1 is 1.20 bits per heavy atom. The fourth-order valence-corrected chi connectivity index (χ4v) is 3.69. The summed E-state index contributed by atoms with van der Waals surface area (Å²) in [5.41, 5.74) is 6.36. The minimum atomic E-state index is -3.74. The maximum atomic E-state index is 12.4. The van der Waals surface area contributed by atoms with Crippen molar-refractivity contribution < 1.29 is 8.42 Å². The summed E-state index contributed by atoms with van der Waals surface area (Å²) in [5, 5.41) is 0.394. The van der Waals surface area contributed by atoms with Crippen LogP contribution in [0.25, 0.3) is 0 Å². The Morgan fingerprint density at radius 3 is 2.55 bits per heavy atom. The number of nitrogens with one attached hydrogen (secondary N) is 1. The van der Waals surface area contributed by atoms with Crippen molar-refractivity contribution in [3.63, 3.8) is 0 Å². The van der Waals surface area contributed by atoms with Crippen LogP contribution in [-0.2, 0) is 10.0 Å². The number of benzene rings is 2. The molecule has 0 aliphatic rings. The average molecular weight is 329 g/mol. The smallest absolute Gasteiger partial charge is 0.263 e. The van der Waals surface area contributed by atoms with Gasteiger partial charge in [0.15, 0.2) is 0 Å². The van der Waals surface area contributed by atoms with Crippen LogP contribution in [0.2, 0.25) is 5.02 Å². The van der Waals surface area contributed by atoms with E-state index in [0.717, 1.165) is 4.90 Å². The third kappa shape index (κ3) is 3.20. The highest BCUT2D eigenvalue weighted by Gasteiger charge is 2.18. The van der Waals surface area contributed by atoms with Crippen molar-refractivity contribution in [1.82, 2.24) is 0 Å². The van der Waals surface area contributed by atoms with Gasteiger partial charge in [0.2, 0.25) is 0 Å². The number of rotatable bonds is 4. The first-order valence-electron chi connectivity index (χ1n) is 5.65. The maximum absolute atomic E-state index is 12.4. The fourth-order valence-electron chi connectivity index (χ4n) is 1.69. The van der Waals surface area contributed by atoms with E-state index in [1.807, 2.05) is 18.4 Å². The van der Waals surface area contributed by atoms with Crippen molar-refractivity contribution in [3.05, 3.63) is 47.5 Å². The zero-order valence-corrected chi connectivity index (χ0v) is 13.0. The van der Waals surface area contributed by atoms with Gasteiger partial charge in [0, 0.05) is 9.92 Å². The van der Waals surface area contributed by atoms with Crippen molar-refractivity contribution in [2.45, 2.75) is 9.79 Å².